The van der Waals surface area contributed by atoms with Crippen molar-refractivity contribution in [3.8, 4) is 0 Å². The molecule has 184 valence electrons. The van der Waals surface area contributed by atoms with Crippen LogP contribution in [-0.2, 0) is 21.0 Å². The Bertz CT molecular complexity index is 1140. The van der Waals surface area contributed by atoms with E-state index in [1.165, 1.54) is 43.6 Å². The van der Waals surface area contributed by atoms with Crippen molar-refractivity contribution in [2.24, 2.45) is 10.7 Å². The monoisotopic (exact) mass is 499 g/mol. The van der Waals surface area contributed by atoms with E-state index >= 15 is 0 Å². The molecule has 0 radical (unpaired) electrons. The second kappa shape index (κ2) is 12.3. The van der Waals surface area contributed by atoms with Crippen LogP contribution in [0.25, 0.3) is 0 Å². The number of carbonyl (C=O) groups is 1. The molecule has 1 amide bonds. The van der Waals surface area contributed by atoms with Crippen LogP contribution >= 0.6 is 0 Å². The van der Waals surface area contributed by atoms with Gasteiger partial charge in [-0.3, -0.25) is 9.10 Å². The van der Waals surface area contributed by atoms with Crippen LogP contribution in [0, 0.1) is 0 Å². The first kappa shape index (κ1) is 28.1. The summed E-state index contributed by atoms with van der Waals surface area (Å²) in [4.78, 5) is 22.4. The molecule has 0 saturated carbocycles. The molecule has 0 fully saturated rings. The Labute approximate surface area is 195 Å². The summed E-state index contributed by atoms with van der Waals surface area (Å²) in [6.45, 7) is 6.95. The van der Waals surface area contributed by atoms with Crippen molar-refractivity contribution < 1.29 is 26.4 Å². The van der Waals surface area contributed by atoms with Gasteiger partial charge in [0.1, 0.15) is 17.7 Å². The van der Waals surface area contributed by atoms with E-state index in [9.17, 15) is 26.4 Å². The molecule has 0 atom stereocenters. The topological polar surface area (TPSA) is 143 Å². The first-order valence-electron chi connectivity index (χ1n) is 9.31. The van der Waals surface area contributed by atoms with Gasteiger partial charge in [-0.25, -0.2) is 18.4 Å². The van der Waals surface area contributed by atoms with Gasteiger partial charge in [0.05, 0.1) is 6.26 Å². The molecule has 14 heteroatoms. The van der Waals surface area contributed by atoms with Gasteiger partial charge in [0.25, 0.3) is 0 Å². The molecule has 4 N–H and O–H groups in total. The van der Waals surface area contributed by atoms with Crippen molar-refractivity contribution in [2.45, 2.75) is 6.18 Å². The lowest BCUT2D eigenvalue weighted by Gasteiger charge is -2.14. The molecule has 1 heterocycles. The third kappa shape index (κ3) is 9.68. The van der Waals surface area contributed by atoms with Crippen molar-refractivity contribution >= 4 is 34.0 Å². The number of halogens is 3. The quantitative estimate of drug-likeness (QED) is 0.173. The molecule has 0 spiro atoms. The number of nitrogens with zero attached hydrogens (tertiary/aromatic N) is 4. The van der Waals surface area contributed by atoms with E-state index in [1.807, 2.05) is 0 Å². The molecule has 0 saturated heterocycles. The van der Waals surface area contributed by atoms with Gasteiger partial charge >= 0.3 is 6.18 Å². The Balaban J connectivity index is 2.94. The van der Waals surface area contributed by atoms with Crippen LogP contribution in [0.4, 0.5) is 24.9 Å². The van der Waals surface area contributed by atoms with Gasteiger partial charge in [-0.1, -0.05) is 25.3 Å². The van der Waals surface area contributed by atoms with Crippen molar-refractivity contribution in [2.75, 3.05) is 30.5 Å². The average molecular weight is 500 g/mol. The SMILES string of the molecule is C=C/C(=C\C(=C)C(N)=O)Nc1ncc(C(F)(F)F)c(NC/C=C/C=C\N=C\N(C)S(C)(=O)=O)n1. The fourth-order valence-corrected chi connectivity index (χ4v) is 2.16. The number of amides is 1. The number of aliphatic imine (C=N–C) groups is 1. The molecule has 0 bridgehead atoms. The number of rotatable bonds is 12. The van der Waals surface area contributed by atoms with Gasteiger partial charge in [0, 0.05) is 37.3 Å². The highest BCUT2D eigenvalue weighted by molar-refractivity contribution is 7.88. The maximum absolute atomic E-state index is 13.3. The molecule has 1 rings (SSSR count). The van der Waals surface area contributed by atoms with Crippen molar-refractivity contribution in [3.63, 3.8) is 0 Å². The highest BCUT2D eigenvalue weighted by Gasteiger charge is 2.35. The summed E-state index contributed by atoms with van der Waals surface area (Å²) in [6, 6.07) is 0. The molecular weight excluding hydrogens is 475 g/mol. The van der Waals surface area contributed by atoms with E-state index in [2.05, 4.69) is 38.8 Å². The van der Waals surface area contributed by atoms with Gasteiger partial charge < -0.3 is 16.4 Å². The number of sulfonamides is 1. The third-order valence-corrected chi connectivity index (χ3v) is 4.92. The molecule has 0 unspecified atom stereocenters. The Morgan fingerprint density at radius 2 is 2.03 bits per heavy atom. The minimum atomic E-state index is -4.71. The van der Waals surface area contributed by atoms with Crippen LogP contribution < -0.4 is 16.4 Å². The lowest BCUT2D eigenvalue weighted by molar-refractivity contribution is -0.137. The number of hydrogen-bond donors (Lipinski definition) is 3. The fraction of sp³-hybridized carbons (Fsp3) is 0.200. The number of nitrogens with two attached hydrogens (primary N) is 1. The van der Waals surface area contributed by atoms with E-state index in [0.29, 0.717) is 6.20 Å². The van der Waals surface area contributed by atoms with Crippen molar-refractivity contribution in [3.05, 3.63) is 72.8 Å². The first-order valence-corrected chi connectivity index (χ1v) is 11.2. The van der Waals surface area contributed by atoms with E-state index in [-0.39, 0.29) is 23.8 Å². The van der Waals surface area contributed by atoms with E-state index in [0.717, 1.165) is 16.9 Å². The van der Waals surface area contributed by atoms with Gasteiger partial charge in [0.15, 0.2) is 0 Å². The summed E-state index contributed by atoms with van der Waals surface area (Å²) >= 11 is 0. The second-order valence-electron chi connectivity index (χ2n) is 6.47. The number of aromatic nitrogens is 2. The Morgan fingerprint density at radius 3 is 2.59 bits per heavy atom. The first-order chi connectivity index (χ1) is 15.8. The number of allylic oxidation sites excluding steroid dienone is 3. The van der Waals surface area contributed by atoms with Crippen LogP contribution in [0.2, 0.25) is 0 Å². The minimum Gasteiger partial charge on any atom is -0.366 e. The standard InChI is InChI=1S/C20H24F3N7O3S/c1-5-15(11-14(2)17(24)31)28-19-27-12-16(20(21,22)23)18(29-19)26-10-8-6-7-9-25-13-30(3)34(4,32)33/h5-9,11-13H,1-2,10H2,3-4H3,(H2,24,31)(H2,26,27,28,29)/b8-6+,9-7-,15-11+,25-13+. The zero-order valence-electron chi connectivity index (χ0n) is 18.4. The highest BCUT2D eigenvalue weighted by atomic mass is 32.2. The molecule has 1 aromatic rings. The van der Waals surface area contributed by atoms with Crippen LogP contribution in [0.15, 0.2) is 72.2 Å². The lowest BCUT2D eigenvalue weighted by atomic mass is 10.2. The van der Waals surface area contributed by atoms with Gasteiger partial charge in [-0.05, 0) is 18.2 Å². The minimum absolute atomic E-state index is 0.0283. The predicted molar refractivity (Wildman–Crippen MR) is 125 cm³/mol. The van der Waals surface area contributed by atoms with Crippen molar-refractivity contribution in [1.29, 1.82) is 0 Å². The molecule has 1 aromatic heterocycles. The largest absolute Gasteiger partial charge is 0.421 e. The lowest BCUT2D eigenvalue weighted by Crippen LogP contribution is -2.23. The molecular formula is C20H24F3N7O3S. The van der Waals surface area contributed by atoms with Crippen LogP contribution in [0.1, 0.15) is 5.56 Å². The molecule has 0 aromatic carbocycles. The maximum atomic E-state index is 13.3. The Morgan fingerprint density at radius 1 is 1.35 bits per heavy atom. The van der Waals surface area contributed by atoms with Crippen LogP contribution in [-0.4, -0.2) is 54.8 Å². The van der Waals surface area contributed by atoms with Crippen molar-refractivity contribution in [1.82, 2.24) is 14.3 Å². The van der Waals surface area contributed by atoms with E-state index in [4.69, 9.17) is 5.73 Å². The summed E-state index contributed by atoms with van der Waals surface area (Å²) in [7, 11) is -2.08. The van der Waals surface area contributed by atoms with Crippen LogP contribution in [0.3, 0.4) is 0 Å². The number of hydrogen-bond acceptors (Lipinski definition) is 8. The Kier molecular flexibility index (Phi) is 10.2. The van der Waals surface area contributed by atoms with Gasteiger partial charge in [0.2, 0.25) is 21.9 Å². The predicted octanol–water partition coefficient (Wildman–Crippen LogP) is 2.42. The van der Waals surface area contributed by atoms with Gasteiger partial charge in [-0.15, -0.1) is 0 Å². The number of primary amides is 1. The fourth-order valence-electron chi connectivity index (χ4n) is 1.94. The molecule has 0 aliphatic heterocycles. The van der Waals surface area contributed by atoms with Crippen LogP contribution in [0.5, 0.6) is 0 Å². The molecule has 0 aliphatic rings. The Hall–Kier alpha value is -3.94. The molecule has 0 aliphatic carbocycles. The summed E-state index contributed by atoms with van der Waals surface area (Å²) in [5, 5.41) is 5.18. The summed E-state index contributed by atoms with van der Waals surface area (Å²) in [5.74, 6) is -1.46. The number of alkyl halides is 3. The zero-order valence-corrected chi connectivity index (χ0v) is 19.2. The normalized spacial score (nSPS) is 12.9. The van der Waals surface area contributed by atoms with Gasteiger partial charge in [-0.2, -0.15) is 18.2 Å². The number of anilines is 2. The summed E-state index contributed by atoms with van der Waals surface area (Å²) in [6.07, 6.45) is 6.29. The van der Waals surface area contributed by atoms with E-state index < -0.39 is 33.5 Å². The average Bonchev–Trinajstić information content (AvgIpc) is 2.73. The number of carbonyl (C=O) groups excluding carboxylic acids is 1. The summed E-state index contributed by atoms with van der Waals surface area (Å²) in [5.41, 5.74) is 4.16. The third-order valence-electron chi connectivity index (χ3n) is 3.78. The number of nitrogens with one attached hydrogen (secondary N) is 2. The maximum Gasteiger partial charge on any atom is 0.421 e. The highest BCUT2D eigenvalue weighted by Crippen LogP contribution is 2.33. The molecule has 34 heavy (non-hydrogen) atoms. The molecule has 10 nitrogen and oxygen atoms in total. The second-order valence-corrected chi connectivity index (χ2v) is 8.51. The van der Waals surface area contributed by atoms with E-state index in [1.54, 1.807) is 0 Å². The summed E-state index contributed by atoms with van der Waals surface area (Å²) < 4.78 is 63.3. The smallest absolute Gasteiger partial charge is 0.366 e. The zero-order chi connectivity index (χ0) is 25.9.